The summed E-state index contributed by atoms with van der Waals surface area (Å²) in [7, 11) is -7.06. The van der Waals surface area contributed by atoms with Gasteiger partial charge in [-0.1, -0.05) is 0 Å². The molecule has 0 atom stereocenters. The van der Waals surface area contributed by atoms with Crippen LogP contribution in [-0.4, -0.2) is 64.6 Å². The molecule has 12 heteroatoms. The Morgan fingerprint density at radius 3 is 1.23 bits per heavy atom. The van der Waals surface area contributed by atoms with E-state index in [1.54, 1.807) is 0 Å². The molecule has 0 saturated carbocycles. The minimum absolute atomic E-state index is 0.281. The number of nitrogens with one attached hydrogen (secondary N) is 2. The van der Waals surface area contributed by atoms with E-state index in [0.29, 0.717) is 0 Å². The van der Waals surface area contributed by atoms with Crippen molar-refractivity contribution in [1.82, 2.24) is 9.44 Å². The van der Waals surface area contributed by atoms with Crippen molar-refractivity contribution >= 4 is 32.0 Å². The third-order valence-corrected chi connectivity index (χ3v) is 3.82. The van der Waals surface area contributed by atoms with Gasteiger partial charge in [-0.2, -0.15) is 0 Å². The molecule has 22 heavy (non-hydrogen) atoms. The van der Waals surface area contributed by atoms with E-state index < -0.39 is 43.1 Å². The van der Waals surface area contributed by atoms with Gasteiger partial charge in [0.05, 0.1) is 12.5 Å². The molecule has 0 heterocycles. The second-order valence-corrected chi connectivity index (χ2v) is 8.07. The maximum atomic E-state index is 11.1. The van der Waals surface area contributed by atoms with Crippen LogP contribution < -0.4 is 9.44 Å². The Kier molecular flexibility index (Phi) is 7.66. The molecule has 0 spiro atoms. The van der Waals surface area contributed by atoms with Gasteiger partial charge in [-0.25, -0.2) is 35.9 Å². The van der Waals surface area contributed by atoms with Crippen molar-refractivity contribution in [2.75, 3.05) is 25.6 Å². The lowest BCUT2D eigenvalue weighted by molar-refractivity contribution is -0.136. The highest BCUT2D eigenvalue weighted by Gasteiger charge is 2.20. The average molecular weight is 358 g/mol. The molecule has 0 aliphatic heterocycles. The summed E-state index contributed by atoms with van der Waals surface area (Å²) in [5.41, 5.74) is -0.974. The Bertz CT molecular complexity index is 605. The first-order valence-corrected chi connectivity index (χ1v) is 9.69. The molecule has 0 saturated heterocycles. The topological polar surface area (TPSA) is 167 Å². The SMILES string of the molecule is CS(=O)(=O)NCCC(C(=O)O)=C(CCNS(C)(=O)=O)C(=O)O. The lowest BCUT2D eigenvalue weighted by Gasteiger charge is -2.10. The molecule has 128 valence electrons. The molecule has 0 aliphatic carbocycles. The Hall–Kier alpha value is -1.50. The summed E-state index contributed by atoms with van der Waals surface area (Å²) in [4.78, 5) is 22.2. The van der Waals surface area contributed by atoms with E-state index in [1.807, 2.05) is 0 Å². The maximum absolute atomic E-state index is 11.1. The summed E-state index contributed by atoms with van der Waals surface area (Å²) in [5, 5.41) is 18.1. The molecule has 0 amide bonds. The number of hydrogen-bond donors (Lipinski definition) is 4. The molecule has 0 radical (unpaired) electrons. The smallest absolute Gasteiger partial charge is 0.332 e. The fraction of sp³-hybridized carbons (Fsp3) is 0.600. The molecule has 0 fully saturated rings. The molecular weight excluding hydrogens is 340 g/mol. The van der Waals surface area contributed by atoms with Gasteiger partial charge in [0.2, 0.25) is 20.0 Å². The summed E-state index contributed by atoms with van der Waals surface area (Å²) in [6.45, 7) is -0.562. The zero-order valence-corrected chi connectivity index (χ0v) is 13.6. The third-order valence-electron chi connectivity index (χ3n) is 2.36. The molecule has 0 unspecified atom stereocenters. The number of aliphatic carboxylic acids is 2. The van der Waals surface area contributed by atoms with Gasteiger partial charge in [0.1, 0.15) is 0 Å². The van der Waals surface area contributed by atoms with E-state index in [9.17, 15) is 26.4 Å². The van der Waals surface area contributed by atoms with Gasteiger partial charge in [0.15, 0.2) is 0 Å². The molecule has 4 N–H and O–H groups in total. The predicted molar refractivity (Wildman–Crippen MR) is 77.2 cm³/mol. The van der Waals surface area contributed by atoms with Crippen LogP contribution in [0.5, 0.6) is 0 Å². The van der Waals surface area contributed by atoms with Crippen molar-refractivity contribution in [3.05, 3.63) is 11.1 Å². The summed E-state index contributed by atoms with van der Waals surface area (Å²) in [6.07, 6.45) is 1.07. The Balaban J connectivity index is 5.13. The molecule has 0 aromatic rings. The first-order chi connectivity index (χ1) is 9.83. The normalized spacial score (nSPS) is 13.5. The Morgan fingerprint density at radius 2 is 1.05 bits per heavy atom. The van der Waals surface area contributed by atoms with Crippen LogP contribution in [0.2, 0.25) is 0 Å². The van der Waals surface area contributed by atoms with Crippen LogP contribution in [0, 0.1) is 0 Å². The van der Waals surface area contributed by atoms with Gasteiger partial charge in [-0.3, -0.25) is 0 Å². The van der Waals surface area contributed by atoms with Gasteiger partial charge in [0.25, 0.3) is 0 Å². The second-order valence-electron chi connectivity index (χ2n) is 4.40. The van der Waals surface area contributed by atoms with Crippen molar-refractivity contribution < 1.29 is 36.6 Å². The van der Waals surface area contributed by atoms with Crippen LogP contribution in [0.3, 0.4) is 0 Å². The molecule has 0 bridgehead atoms. The summed E-state index contributed by atoms with van der Waals surface area (Å²) in [6, 6.07) is 0. The van der Waals surface area contributed by atoms with Gasteiger partial charge >= 0.3 is 11.9 Å². The lowest BCUT2D eigenvalue weighted by Crippen LogP contribution is -2.27. The number of carboxylic acid groups (broad SMARTS) is 2. The highest BCUT2D eigenvalue weighted by Crippen LogP contribution is 2.13. The van der Waals surface area contributed by atoms with Crippen LogP contribution in [-0.2, 0) is 29.6 Å². The number of hydrogen-bond acceptors (Lipinski definition) is 6. The van der Waals surface area contributed by atoms with Gasteiger partial charge < -0.3 is 10.2 Å². The highest BCUT2D eigenvalue weighted by molar-refractivity contribution is 7.89. The summed E-state index contributed by atoms with van der Waals surface area (Å²) >= 11 is 0. The monoisotopic (exact) mass is 358 g/mol. The average Bonchev–Trinajstić information content (AvgIpc) is 2.27. The van der Waals surface area contributed by atoms with Gasteiger partial charge in [-0.15, -0.1) is 0 Å². The van der Waals surface area contributed by atoms with Crippen molar-refractivity contribution in [2.45, 2.75) is 12.8 Å². The fourth-order valence-electron chi connectivity index (χ4n) is 1.50. The first-order valence-electron chi connectivity index (χ1n) is 5.91. The minimum Gasteiger partial charge on any atom is -0.478 e. The van der Waals surface area contributed by atoms with Crippen LogP contribution in [0.4, 0.5) is 0 Å². The molecule has 10 nitrogen and oxygen atoms in total. The zero-order chi connectivity index (χ0) is 17.6. The van der Waals surface area contributed by atoms with E-state index in [-0.39, 0.29) is 25.9 Å². The summed E-state index contributed by atoms with van der Waals surface area (Å²) in [5.74, 6) is -3.01. The fourth-order valence-corrected chi connectivity index (χ4v) is 2.44. The predicted octanol–water partition coefficient (Wildman–Crippen LogP) is -1.67. The largest absolute Gasteiger partial charge is 0.478 e. The van der Waals surface area contributed by atoms with E-state index in [1.165, 1.54) is 0 Å². The zero-order valence-electron chi connectivity index (χ0n) is 12.0. The minimum atomic E-state index is -3.53. The standard InChI is InChI=1S/C10H18N2O8S2/c1-21(17,18)11-5-3-7(9(13)14)8(10(15)16)4-6-12-22(2,19)20/h11-12H,3-6H2,1-2H3,(H,13,14)(H,15,16). The Morgan fingerprint density at radius 1 is 0.773 bits per heavy atom. The summed E-state index contributed by atoms with van der Waals surface area (Å²) < 4.78 is 47.7. The third kappa shape index (κ3) is 9.44. The van der Waals surface area contributed by atoms with Crippen LogP contribution in [0.15, 0.2) is 11.1 Å². The lowest BCUT2D eigenvalue weighted by atomic mass is 10.0. The van der Waals surface area contributed by atoms with Crippen molar-refractivity contribution in [3.63, 3.8) is 0 Å². The molecule has 0 aromatic carbocycles. The van der Waals surface area contributed by atoms with Gasteiger partial charge in [0, 0.05) is 24.2 Å². The van der Waals surface area contributed by atoms with Crippen LogP contribution in [0.1, 0.15) is 12.8 Å². The van der Waals surface area contributed by atoms with Gasteiger partial charge in [-0.05, 0) is 12.8 Å². The second kappa shape index (κ2) is 8.22. The molecular formula is C10H18N2O8S2. The Labute approximate surface area is 128 Å². The van der Waals surface area contributed by atoms with Crippen molar-refractivity contribution in [3.8, 4) is 0 Å². The first kappa shape index (κ1) is 20.5. The quantitative estimate of drug-likeness (QED) is 0.336. The molecule has 0 aliphatic rings. The van der Waals surface area contributed by atoms with E-state index in [4.69, 9.17) is 10.2 Å². The number of rotatable bonds is 10. The number of carbonyl (C=O) groups is 2. The van der Waals surface area contributed by atoms with E-state index >= 15 is 0 Å². The van der Waals surface area contributed by atoms with Crippen LogP contribution >= 0.6 is 0 Å². The number of sulfonamides is 2. The van der Waals surface area contributed by atoms with Crippen LogP contribution in [0.25, 0.3) is 0 Å². The van der Waals surface area contributed by atoms with E-state index in [2.05, 4.69) is 9.44 Å². The van der Waals surface area contributed by atoms with Crippen molar-refractivity contribution in [2.24, 2.45) is 0 Å². The molecule has 0 rings (SSSR count). The number of carboxylic acids is 2. The highest BCUT2D eigenvalue weighted by atomic mass is 32.2. The van der Waals surface area contributed by atoms with Crippen molar-refractivity contribution in [1.29, 1.82) is 0 Å². The van der Waals surface area contributed by atoms with E-state index in [0.717, 1.165) is 12.5 Å². The maximum Gasteiger partial charge on any atom is 0.332 e. The molecule has 0 aromatic heterocycles.